The van der Waals surface area contributed by atoms with Crippen molar-refractivity contribution < 1.29 is 14.3 Å². The van der Waals surface area contributed by atoms with Gasteiger partial charge in [0.25, 0.3) is 5.91 Å². The first-order valence-electron chi connectivity index (χ1n) is 10.1. The Kier molecular flexibility index (Phi) is 8.30. The van der Waals surface area contributed by atoms with Crippen LogP contribution in [0.2, 0.25) is 5.02 Å². The predicted molar refractivity (Wildman–Crippen MR) is 121 cm³/mol. The van der Waals surface area contributed by atoms with E-state index in [1.165, 1.54) is 0 Å². The molecule has 2 aromatic carbocycles. The van der Waals surface area contributed by atoms with Gasteiger partial charge in [0.2, 0.25) is 5.91 Å². The van der Waals surface area contributed by atoms with E-state index in [0.717, 1.165) is 22.3 Å². The Morgan fingerprint density at radius 1 is 1.03 bits per heavy atom. The van der Waals surface area contributed by atoms with Gasteiger partial charge >= 0.3 is 0 Å². The molecule has 0 radical (unpaired) electrons. The molecule has 0 aliphatic rings. The van der Waals surface area contributed by atoms with E-state index >= 15 is 0 Å². The van der Waals surface area contributed by atoms with Crippen LogP contribution in [0.15, 0.2) is 36.4 Å². The largest absolute Gasteiger partial charge is 0.484 e. The monoisotopic (exact) mass is 430 g/mol. The molecule has 1 unspecified atom stereocenters. The molecule has 1 atom stereocenters. The lowest BCUT2D eigenvalue weighted by molar-refractivity contribution is -0.142. The van der Waals surface area contributed by atoms with Crippen LogP contribution in [-0.4, -0.2) is 35.4 Å². The van der Waals surface area contributed by atoms with E-state index < -0.39 is 6.04 Å². The Morgan fingerprint density at radius 2 is 1.60 bits per heavy atom. The summed E-state index contributed by atoms with van der Waals surface area (Å²) in [6, 6.07) is 10.9. The van der Waals surface area contributed by atoms with Crippen LogP contribution in [0.1, 0.15) is 43.0 Å². The smallest absolute Gasteiger partial charge is 0.261 e. The SMILES string of the molecule is Cc1ccc(CN(C(=O)COc2cc(C)c(Cl)c(C)c2)C(C)C(=O)NC(C)C)cc1. The lowest BCUT2D eigenvalue weighted by Crippen LogP contribution is -2.50. The normalized spacial score (nSPS) is 11.9. The summed E-state index contributed by atoms with van der Waals surface area (Å²) in [7, 11) is 0. The number of ether oxygens (including phenoxy) is 1. The Labute approximate surface area is 184 Å². The number of benzene rings is 2. The van der Waals surface area contributed by atoms with Gasteiger partial charge in [-0.2, -0.15) is 0 Å². The van der Waals surface area contributed by atoms with Gasteiger partial charge in [-0.1, -0.05) is 41.4 Å². The highest BCUT2D eigenvalue weighted by molar-refractivity contribution is 6.32. The molecule has 0 heterocycles. The van der Waals surface area contributed by atoms with Gasteiger partial charge in [0.1, 0.15) is 11.8 Å². The third kappa shape index (κ3) is 6.49. The topological polar surface area (TPSA) is 58.6 Å². The number of carbonyl (C=O) groups excluding carboxylic acids is 2. The van der Waals surface area contributed by atoms with Gasteiger partial charge in [-0.25, -0.2) is 0 Å². The van der Waals surface area contributed by atoms with Crippen LogP contribution in [-0.2, 0) is 16.1 Å². The molecular formula is C24H31ClN2O3. The third-order valence-corrected chi connectivity index (χ3v) is 5.44. The van der Waals surface area contributed by atoms with Crippen molar-refractivity contribution in [2.75, 3.05) is 6.61 Å². The standard InChI is InChI=1S/C24H31ClN2O3/c1-15(2)26-24(29)19(6)27(13-20-9-7-16(3)8-10-20)22(28)14-30-21-11-17(4)23(25)18(5)12-21/h7-12,15,19H,13-14H2,1-6H3,(H,26,29). The Morgan fingerprint density at radius 3 is 2.13 bits per heavy atom. The van der Waals surface area contributed by atoms with Crippen LogP contribution in [0.25, 0.3) is 0 Å². The molecule has 2 aromatic rings. The van der Waals surface area contributed by atoms with Crippen molar-refractivity contribution in [3.8, 4) is 5.75 Å². The summed E-state index contributed by atoms with van der Waals surface area (Å²) in [5, 5.41) is 3.57. The Balaban J connectivity index is 2.18. The first-order chi connectivity index (χ1) is 14.1. The summed E-state index contributed by atoms with van der Waals surface area (Å²) in [6.45, 7) is 11.5. The zero-order chi connectivity index (χ0) is 22.4. The third-order valence-electron chi connectivity index (χ3n) is 4.84. The summed E-state index contributed by atoms with van der Waals surface area (Å²) in [5.74, 6) is 0.133. The van der Waals surface area contributed by atoms with E-state index in [9.17, 15) is 9.59 Å². The number of hydrogen-bond donors (Lipinski definition) is 1. The van der Waals surface area contributed by atoms with Gasteiger partial charge in [0.15, 0.2) is 6.61 Å². The van der Waals surface area contributed by atoms with Gasteiger partial charge in [0, 0.05) is 17.6 Å². The maximum Gasteiger partial charge on any atom is 0.261 e. The highest BCUT2D eigenvalue weighted by Crippen LogP contribution is 2.26. The van der Waals surface area contributed by atoms with Gasteiger partial charge in [-0.05, 0) is 70.4 Å². The molecule has 0 fully saturated rings. The van der Waals surface area contributed by atoms with Crippen molar-refractivity contribution in [2.24, 2.45) is 0 Å². The Bertz CT molecular complexity index is 871. The maximum atomic E-state index is 13.1. The fourth-order valence-electron chi connectivity index (χ4n) is 3.10. The molecule has 2 rings (SSSR count). The molecule has 30 heavy (non-hydrogen) atoms. The number of halogens is 1. The molecule has 1 N–H and O–H groups in total. The van der Waals surface area contributed by atoms with Crippen LogP contribution < -0.4 is 10.1 Å². The van der Waals surface area contributed by atoms with Crippen LogP contribution in [0.4, 0.5) is 0 Å². The number of carbonyl (C=O) groups is 2. The molecule has 6 heteroatoms. The molecular weight excluding hydrogens is 400 g/mol. The zero-order valence-corrected chi connectivity index (χ0v) is 19.3. The van der Waals surface area contributed by atoms with Crippen molar-refractivity contribution in [1.29, 1.82) is 0 Å². The molecule has 2 amide bonds. The predicted octanol–water partition coefficient (Wildman–Crippen LogP) is 4.59. The fourth-order valence-corrected chi connectivity index (χ4v) is 3.20. The lowest BCUT2D eigenvalue weighted by Gasteiger charge is -2.29. The second-order valence-electron chi connectivity index (χ2n) is 8.01. The second kappa shape index (κ2) is 10.5. The number of rotatable bonds is 8. The van der Waals surface area contributed by atoms with E-state index in [1.54, 1.807) is 11.8 Å². The minimum atomic E-state index is -0.626. The van der Waals surface area contributed by atoms with Gasteiger partial charge < -0.3 is 15.0 Å². The zero-order valence-electron chi connectivity index (χ0n) is 18.6. The number of nitrogens with zero attached hydrogens (tertiary/aromatic N) is 1. The van der Waals surface area contributed by atoms with Crippen molar-refractivity contribution >= 4 is 23.4 Å². The highest BCUT2D eigenvalue weighted by Gasteiger charge is 2.27. The Hall–Kier alpha value is -2.53. The van der Waals surface area contributed by atoms with Gasteiger partial charge in [-0.15, -0.1) is 0 Å². The first kappa shape index (κ1) is 23.7. The molecule has 0 saturated heterocycles. The van der Waals surface area contributed by atoms with E-state index in [-0.39, 0.29) is 24.5 Å². The fraction of sp³-hybridized carbons (Fsp3) is 0.417. The molecule has 5 nitrogen and oxygen atoms in total. The minimum absolute atomic E-state index is 0.00690. The van der Waals surface area contributed by atoms with Crippen LogP contribution >= 0.6 is 11.6 Å². The van der Waals surface area contributed by atoms with Crippen molar-refractivity contribution in [3.05, 3.63) is 63.7 Å². The molecule has 0 spiro atoms. The first-order valence-corrected chi connectivity index (χ1v) is 10.5. The molecule has 0 saturated carbocycles. The second-order valence-corrected chi connectivity index (χ2v) is 8.38. The summed E-state index contributed by atoms with van der Waals surface area (Å²) in [6.07, 6.45) is 0. The van der Waals surface area contributed by atoms with Gasteiger partial charge in [-0.3, -0.25) is 9.59 Å². The van der Waals surface area contributed by atoms with Crippen LogP contribution in [0, 0.1) is 20.8 Å². The van der Waals surface area contributed by atoms with E-state index in [2.05, 4.69) is 5.32 Å². The minimum Gasteiger partial charge on any atom is -0.484 e. The summed E-state index contributed by atoms with van der Waals surface area (Å²) in [5.41, 5.74) is 3.87. The average Bonchev–Trinajstić information content (AvgIpc) is 2.68. The summed E-state index contributed by atoms with van der Waals surface area (Å²) in [4.78, 5) is 27.2. The summed E-state index contributed by atoms with van der Waals surface area (Å²) < 4.78 is 5.75. The van der Waals surface area contributed by atoms with Crippen molar-refractivity contribution in [2.45, 2.75) is 60.2 Å². The van der Waals surface area contributed by atoms with Crippen LogP contribution in [0.3, 0.4) is 0 Å². The molecule has 0 bridgehead atoms. The highest BCUT2D eigenvalue weighted by atomic mass is 35.5. The van der Waals surface area contributed by atoms with Gasteiger partial charge in [0.05, 0.1) is 0 Å². The molecule has 162 valence electrons. The number of nitrogens with one attached hydrogen (secondary N) is 1. The molecule has 0 aliphatic heterocycles. The number of amides is 2. The van der Waals surface area contributed by atoms with E-state index in [1.807, 2.05) is 71.0 Å². The molecule has 0 aliphatic carbocycles. The lowest BCUT2D eigenvalue weighted by atomic mass is 10.1. The quantitative estimate of drug-likeness (QED) is 0.666. The van der Waals surface area contributed by atoms with Crippen molar-refractivity contribution in [3.63, 3.8) is 0 Å². The van der Waals surface area contributed by atoms with Crippen LogP contribution in [0.5, 0.6) is 5.75 Å². The molecule has 0 aromatic heterocycles. The van der Waals surface area contributed by atoms with E-state index in [0.29, 0.717) is 17.3 Å². The van der Waals surface area contributed by atoms with Crippen molar-refractivity contribution in [1.82, 2.24) is 10.2 Å². The average molecular weight is 431 g/mol. The van der Waals surface area contributed by atoms with E-state index in [4.69, 9.17) is 16.3 Å². The maximum absolute atomic E-state index is 13.1. The number of hydrogen-bond acceptors (Lipinski definition) is 3. The number of aryl methyl sites for hydroxylation is 3. The summed E-state index contributed by atoms with van der Waals surface area (Å²) >= 11 is 6.21.